The summed E-state index contributed by atoms with van der Waals surface area (Å²) in [4.78, 5) is 32.1. The number of fused-ring (bicyclic) bond motifs is 1. The van der Waals surface area contributed by atoms with E-state index in [0.29, 0.717) is 31.1 Å². The van der Waals surface area contributed by atoms with E-state index in [9.17, 15) is 9.59 Å². The number of rotatable bonds is 9. The number of amides is 2. The summed E-state index contributed by atoms with van der Waals surface area (Å²) in [6, 6.07) is 27.9. The molecule has 1 aliphatic carbocycles. The third-order valence-corrected chi connectivity index (χ3v) is 7.17. The van der Waals surface area contributed by atoms with E-state index in [2.05, 4.69) is 6.07 Å². The molecule has 0 atom stereocenters. The maximum absolute atomic E-state index is 13.7. The van der Waals surface area contributed by atoms with Crippen molar-refractivity contribution >= 4 is 33.9 Å². The van der Waals surface area contributed by atoms with Crippen LogP contribution >= 0.6 is 11.3 Å². The predicted molar refractivity (Wildman–Crippen MR) is 138 cm³/mol. The summed E-state index contributed by atoms with van der Waals surface area (Å²) >= 11 is 1.65. The molecule has 5 heteroatoms. The molecule has 1 fully saturated rings. The summed E-state index contributed by atoms with van der Waals surface area (Å²) in [5.41, 5.74) is 1.75. The van der Waals surface area contributed by atoms with Crippen LogP contribution in [0.4, 0.5) is 0 Å². The Morgan fingerprint density at radius 1 is 0.794 bits per heavy atom. The van der Waals surface area contributed by atoms with Gasteiger partial charge in [0.15, 0.2) is 0 Å². The van der Waals surface area contributed by atoms with Crippen LogP contribution in [0.3, 0.4) is 0 Å². The molecule has 2 amide bonds. The van der Waals surface area contributed by atoms with Gasteiger partial charge in [0.25, 0.3) is 5.91 Å². The molecule has 0 spiro atoms. The highest BCUT2D eigenvalue weighted by Gasteiger charge is 2.30. The fourth-order valence-corrected chi connectivity index (χ4v) is 5.02. The lowest BCUT2D eigenvalue weighted by molar-refractivity contribution is -0.133. The zero-order valence-corrected chi connectivity index (χ0v) is 19.9. The van der Waals surface area contributed by atoms with Crippen LogP contribution in [0.5, 0.6) is 0 Å². The number of carbonyl (C=O) groups excluding carboxylic acids is 2. The van der Waals surface area contributed by atoms with Gasteiger partial charge in [-0.1, -0.05) is 72.8 Å². The zero-order chi connectivity index (χ0) is 23.3. The van der Waals surface area contributed by atoms with Crippen LogP contribution in [0.25, 0.3) is 10.8 Å². The lowest BCUT2D eigenvalue weighted by Gasteiger charge is -2.28. The van der Waals surface area contributed by atoms with Crippen molar-refractivity contribution in [3.8, 4) is 0 Å². The molecular weight excluding hydrogens is 440 g/mol. The van der Waals surface area contributed by atoms with Gasteiger partial charge in [-0.3, -0.25) is 9.59 Å². The first-order valence-electron chi connectivity index (χ1n) is 11.8. The number of nitrogens with zero attached hydrogens (tertiary/aromatic N) is 2. The number of carbonyl (C=O) groups is 2. The number of thiophene rings is 1. The molecule has 0 N–H and O–H groups in total. The van der Waals surface area contributed by atoms with Gasteiger partial charge in [-0.15, -0.1) is 11.3 Å². The number of benzene rings is 3. The van der Waals surface area contributed by atoms with Crippen LogP contribution in [0.15, 0.2) is 90.3 Å². The molecule has 0 unspecified atom stereocenters. The summed E-state index contributed by atoms with van der Waals surface area (Å²) in [5, 5.41) is 4.00. The van der Waals surface area contributed by atoms with Crippen molar-refractivity contribution in [2.45, 2.75) is 25.9 Å². The topological polar surface area (TPSA) is 40.6 Å². The minimum atomic E-state index is -0.0622. The van der Waals surface area contributed by atoms with Crippen LogP contribution in [0, 0.1) is 5.92 Å². The zero-order valence-electron chi connectivity index (χ0n) is 19.1. The molecule has 34 heavy (non-hydrogen) atoms. The summed E-state index contributed by atoms with van der Waals surface area (Å²) in [7, 11) is 0. The maximum atomic E-state index is 13.7. The Labute approximate surface area is 204 Å². The lowest BCUT2D eigenvalue weighted by atomic mass is 10.0. The number of hydrogen-bond acceptors (Lipinski definition) is 3. The van der Waals surface area contributed by atoms with E-state index < -0.39 is 0 Å². The second-order valence-electron chi connectivity index (χ2n) is 8.97. The van der Waals surface area contributed by atoms with Gasteiger partial charge in [0.1, 0.15) is 6.54 Å². The first-order chi connectivity index (χ1) is 16.7. The van der Waals surface area contributed by atoms with Gasteiger partial charge in [0, 0.05) is 23.5 Å². The van der Waals surface area contributed by atoms with Gasteiger partial charge in [0.05, 0.1) is 6.54 Å². The van der Waals surface area contributed by atoms with Crippen molar-refractivity contribution in [3.05, 3.63) is 106 Å². The van der Waals surface area contributed by atoms with Crippen molar-refractivity contribution in [2.75, 3.05) is 13.1 Å². The van der Waals surface area contributed by atoms with Crippen LogP contribution in [-0.2, 0) is 17.9 Å². The molecule has 1 aliphatic rings. The molecule has 3 aromatic carbocycles. The summed E-state index contributed by atoms with van der Waals surface area (Å²) < 4.78 is 0. The normalized spacial score (nSPS) is 13.1. The standard InChI is InChI=1S/C29H28N2O2S/c32-28(30(20-25-12-7-17-34-25)18-22-8-2-1-3-9-22)21-31(19-23-15-16-23)29(33)27-14-6-11-24-10-4-5-13-26(24)27/h1-14,17,23H,15-16,18-21H2. The minimum absolute atomic E-state index is 0.0218. The molecule has 1 aromatic heterocycles. The van der Waals surface area contributed by atoms with Gasteiger partial charge in [-0.2, -0.15) is 0 Å². The molecule has 4 nitrogen and oxygen atoms in total. The molecule has 0 bridgehead atoms. The molecule has 4 aromatic rings. The smallest absolute Gasteiger partial charge is 0.254 e. The molecule has 172 valence electrons. The highest BCUT2D eigenvalue weighted by Crippen LogP contribution is 2.31. The van der Waals surface area contributed by atoms with Crippen LogP contribution < -0.4 is 0 Å². The molecule has 0 aliphatic heterocycles. The van der Waals surface area contributed by atoms with Crippen molar-refractivity contribution in [1.29, 1.82) is 0 Å². The number of hydrogen-bond donors (Lipinski definition) is 0. The Bertz CT molecular complexity index is 1260. The van der Waals surface area contributed by atoms with Crippen molar-refractivity contribution in [2.24, 2.45) is 5.92 Å². The van der Waals surface area contributed by atoms with E-state index in [1.54, 1.807) is 16.2 Å². The summed E-state index contributed by atoms with van der Waals surface area (Å²) in [6.45, 7) is 1.80. The molecular formula is C29H28N2O2S. The summed E-state index contributed by atoms with van der Waals surface area (Å²) in [6.07, 6.45) is 2.24. The maximum Gasteiger partial charge on any atom is 0.254 e. The summed E-state index contributed by atoms with van der Waals surface area (Å²) in [5.74, 6) is 0.408. The van der Waals surface area contributed by atoms with E-state index in [1.165, 1.54) is 0 Å². The first kappa shape index (κ1) is 22.4. The average Bonchev–Trinajstić information content (AvgIpc) is 3.54. The van der Waals surface area contributed by atoms with E-state index in [0.717, 1.165) is 34.1 Å². The fourth-order valence-electron chi connectivity index (χ4n) is 4.30. The Morgan fingerprint density at radius 3 is 2.32 bits per heavy atom. The van der Waals surface area contributed by atoms with Crippen LogP contribution in [-0.4, -0.2) is 34.7 Å². The molecule has 0 saturated heterocycles. The van der Waals surface area contributed by atoms with Gasteiger partial charge >= 0.3 is 0 Å². The first-order valence-corrected chi connectivity index (χ1v) is 12.7. The predicted octanol–water partition coefficient (Wildman–Crippen LogP) is 5.98. The minimum Gasteiger partial charge on any atom is -0.332 e. The lowest BCUT2D eigenvalue weighted by Crippen LogP contribution is -2.43. The second kappa shape index (κ2) is 10.2. The van der Waals surface area contributed by atoms with Gasteiger partial charge in [-0.05, 0) is 52.6 Å². The van der Waals surface area contributed by atoms with E-state index in [4.69, 9.17) is 0 Å². The van der Waals surface area contributed by atoms with Gasteiger partial charge in [0.2, 0.25) is 5.91 Å². The average molecular weight is 469 g/mol. The third kappa shape index (κ3) is 5.37. The molecule has 1 heterocycles. The van der Waals surface area contributed by atoms with E-state index in [-0.39, 0.29) is 18.4 Å². The SMILES string of the molecule is O=C(CN(CC1CC1)C(=O)c1cccc2ccccc12)N(Cc1ccccc1)Cc1cccs1. The van der Waals surface area contributed by atoms with Gasteiger partial charge in [-0.25, -0.2) is 0 Å². The second-order valence-corrected chi connectivity index (χ2v) is 10.0. The van der Waals surface area contributed by atoms with E-state index >= 15 is 0 Å². The Kier molecular flexibility index (Phi) is 6.72. The Hall–Kier alpha value is -3.44. The third-order valence-electron chi connectivity index (χ3n) is 6.30. The molecule has 0 radical (unpaired) electrons. The van der Waals surface area contributed by atoms with E-state index in [1.807, 2.05) is 89.1 Å². The van der Waals surface area contributed by atoms with Crippen LogP contribution in [0.1, 0.15) is 33.6 Å². The van der Waals surface area contributed by atoms with Crippen LogP contribution in [0.2, 0.25) is 0 Å². The van der Waals surface area contributed by atoms with Crippen molar-refractivity contribution in [1.82, 2.24) is 9.80 Å². The monoisotopic (exact) mass is 468 g/mol. The Morgan fingerprint density at radius 2 is 1.56 bits per heavy atom. The van der Waals surface area contributed by atoms with Crippen molar-refractivity contribution in [3.63, 3.8) is 0 Å². The molecule has 5 rings (SSSR count). The van der Waals surface area contributed by atoms with Crippen molar-refractivity contribution < 1.29 is 9.59 Å². The highest BCUT2D eigenvalue weighted by atomic mass is 32.1. The fraction of sp³-hybridized carbons (Fsp3) is 0.241. The largest absolute Gasteiger partial charge is 0.332 e. The quantitative estimate of drug-likeness (QED) is 0.303. The Balaban J connectivity index is 1.40. The molecule has 1 saturated carbocycles. The highest BCUT2D eigenvalue weighted by molar-refractivity contribution is 7.09. The van der Waals surface area contributed by atoms with Gasteiger partial charge < -0.3 is 9.80 Å².